The molecule has 0 heterocycles. The van der Waals surface area contributed by atoms with Gasteiger partial charge in [0.2, 0.25) is 0 Å². The number of hydrogen-bond acceptors (Lipinski definition) is 2. The highest BCUT2D eigenvalue weighted by Gasteiger charge is 2.06. The van der Waals surface area contributed by atoms with Crippen LogP contribution in [0.15, 0.2) is 34.9 Å². The molecular formula is C34H62O2. The summed E-state index contributed by atoms with van der Waals surface area (Å²) in [5, 5.41) is 0. The van der Waals surface area contributed by atoms with Crippen molar-refractivity contribution in [1.29, 1.82) is 0 Å². The predicted octanol–water partition coefficient (Wildman–Crippen LogP) is 11.5. The summed E-state index contributed by atoms with van der Waals surface area (Å²) in [7, 11) is 0. The van der Waals surface area contributed by atoms with E-state index >= 15 is 0 Å². The highest BCUT2D eigenvalue weighted by atomic mass is 16.5. The minimum Gasteiger partial charge on any atom is -0.466 e. The average molecular weight is 503 g/mol. The van der Waals surface area contributed by atoms with Gasteiger partial charge in [-0.3, -0.25) is 4.79 Å². The van der Waals surface area contributed by atoms with Crippen molar-refractivity contribution in [3.05, 3.63) is 34.9 Å². The molecule has 0 aliphatic heterocycles. The van der Waals surface area contributed by atoms with Crippen LogP contribution < -0.4 is 0 Å². The quantitative estimate of drug-likeness (QED) is 0.0745. The monoisotopic (exact) mass is 502 g/mol. The van der Waals surface area contributed by atoms with Crippen LogP contribution in [0.3, 0.4) is 0 Å². The molecule has 0 aromatic heterocycles. The summed E-state index contributed by atoms with van der Waals surface area (Å²) in [4.78, 5) is 12.0. The van der Waals surface area contributed by atoms with E-state index in [1.807, 2.05) is 0 Å². The molecular weight excluding hydrogens is 440 g/mol. The molecule has 0 amide bonds. The lowest BCUT2D eigenvalue weighted by Crippen LogP contribution is -2.08. The van der Waals surface area contributed by atoms with Crippen molar-refractivity contribution >= 4 is 5.97 Å². The Bertz CT molecular complexity index is 607. The van der Waals surface area contributed by atoms with Gasteiger partial charge >= 0.3 is 5.97 Å². The van der Waals surface area contributed by atoms with Crippen LogP contribution in [0.2, 0.25) is 0 Å². The van der Waals surface area contributed by atoms with E-state index in [4.69, 9.17) is 4.74 Å². The Morgan fingerprint density at radius 1 is 0.639 bits per heavy atom. The van der Waals surface area contributed by atoms with Gasteiger partial charge in [-0.05, 0) is 85.0 Å². The van der Waals surface area contributed by atoms with E-state index in [1.165, 1.54) is 87.3 Å². The Morgan fingerprint density at radius 3 is 1.69 bits per heavy atom. The fourth-order valence-corrected chi connectivity index (χ4v) is 4.48. The third-order valence-electron chi connectivity index (χ3n) is 7.13. The van der Waals surface area contributed by atoms with E-state index < -0.39 is 0 Å². The Labute approximate surface area is 226 Å². The SMILES string of the molecule is CCCCCCCCCCCCCC(=O)OCCC(C)CC/C=C(/C)CC/C=C(\C)CCC=C(C)C. The molecule has 0 radical (unpaired) electrons. The lowest BCUT2D eigenvalue weighted by molar-refractivity contribution is -0.144. The van der Waals surface area contributed by atoms with E-state index in [2.05, 4.69) is 59.8 Å². The van der Waals surface area contributed by atoms with E-state index in [1.54, 1.807) is 0 Å². The molecule has 0 fully saturated rings. The molecule has 0 N–H and O–H groups in total. The van der Waals surface area contributed by atoms with E-state index in [-0.39, 0.29) is 5.97 Å². The summed E-state index contributed by atoms with van der Waals surface area (Å²) >= 11 is 0. The van der Waals surface area contributed by atoms with Crippen molar-refractivity contribution in [2.45, 2.75) is 164 Å². The number of carbonyl (C=O) groups is 1. The molecule has 0 bridgehead atoms. The molecule has 0 aromatic carbocycles. The topological polar surface area (TPSA) is 26.3 Å². The fourth-order valence-electron chi connectivity index (χ4n) is 4.48. The van der Waals surface area contributed by atoms with Crippen molar-refractivity contribution < 1.29 is 9.53 Å². The highest BCUT2D eigenvalue weighted by Crippen LogP contribution is 2.16. The zero-order chi connectivity index (χ0) is 26.9. The number of hydrogen-bond donors (Lipinski definition) is 0. The lowest BCUT2D eigenvalue weighted by Gasteiger charge is -2.11. The largest absolute Gasteiger partial charge is 0.466 e. The first kappa shape index (κ1) is 34.7. The Morgan fingerprint density at radius 2 is 1.14 bits per heavy atom. The molecule has 0 spiro atoms. The molecule has 2 heteroatoms. The van der Waals surface area contributed by atoms with Gasteiger partial charge in [-0.1, -0.05) is 113 Å². The first-order valence-corrected chi connectivity index (χ1v) is 15.4. The van der Waals surface area contributed by atoms with Crippen molar-refractivity contribution in [1.82, 2.24) is 0 Å². The molecule has 0 saturated carbocycles. The summed E-state index contributed by atoms with van der Waals surface area (Å²) in [6.07, 6.45) is 30.0. The maximum atomic E-state index is 12.0. The van der Waals surface area contributed by atoms with Gasteiger partial charge < -0.3 is 4.74 Å². The van der Waals surface area contributed by atoms with Crippen LogP contribution in [0.5, 0.6) is 0 Å². The minimum atomic E-state index is -0.00179. The van der Waals surface area contributed by atoms with E-state index in [9.17, 15) is 4.79 Å². The smallest absolute Gasteiger partial charge is 0.305 e. The Balaban J connectivity index is 3.66. The van der Waals surface area contributed by atoms with E-state index in [0.717, 1.165) is 44.9 Å². The number of esters is 1. The van der Waals surface area contributed by atoms with E-state index in [0.29, 0.717) is 18.9 Å². The van der Waals surface area contributed by atoms with Gasteiger partial charge in [-0.2, -0.15) is 0 Å². The Kier molecular flexibility index (Phi) is 24.4. The molecule has 1 unspecified atom stereocenters. The van der Waals surface area contributed by atoms with Crippen LogP contribution in [0.25, 0.3) is 0 Å². The first-order chi connectivity index (χ1) is 17.3. The summed E-state index contributed by atoms with van der Waals surface area (Å²) in [6, 6.07) is 0. The van der Waals surface area contributed by atoms with Crippen LogP contribution in [0.1, 0.15) is 164 Å². The molecule has 210 valence electrons. The lowest BCUT2D eigenvalue weighted by atomic mass is 10.0. The van der Waals surface area contributed by atoms with Crippen LogP contribution in [0.4, 0.5) is 0 Å². The summed E-state index contributed by atoms with van der Waals surface area (Å²) < 4.78 is 5.48. The second-order valence-corrected chi connectivity index (χ2v) is 11.4. The first-order valence-electron chi connectivity index (χ1n) is 15.4. The van der Waals surface area contributed by atoms with Gasteiger partial charge in [-0.25, -0.2) is 0 Å². The van der Waals surface area contributed by atoms with Gasteiger partial charge in [0.1, 0.15) is 0 Å². The second-order valence-electron chi connectivity index (χ2n) is 11.4. The molecule has 1 atom stereocenters. The van der Waals surface area contributed by atoms with Gasteiger partial charge in [-0.15, -0.1) is 0 Å². The Hall–Kier alpha value is -1.31. The number of ether oxygens (including phenoxy) is 1. The molecule has 36 heavy (non-hydrogen) atoms. The summed E-state index contributed by atoms with van der Waals surface area (Å²) in [5.41, 5.74) is 4.41. The average Bonchev–Trinajstić information content (AvgIpc) is 2.82. The maximum absolute atomic E-state index is 12.0. The van der Waals surface area contributed by atoms with Crippen molar-refractivity contribution in [2.75, 3.05) is 6.61 Å². The normalized spacial score (nSPS) is 13.1. The van der Waals surface area contributed by atoms with Gasteiger partial charge in [0.05, 0.1) is 6.61 Å². The molecule has 0 aliphatic carbocycles. The van der Waals surface area contributed by atoms with Crippen molar-refractivity contribution in [3.63, 3.8) is 0 Å². The summed E-state index contributed by atoms with van der Waals surface area (Å²) in [5.74, 6) is 0.596. The third kappa shape index (κ3) is 25.8. The zero-order valence-electron chi connectivity index (χ0n) is 25.3. The molecule has 0 aliphatic rings. The number of rotatable bonds is 24. The predicted molar refractivity (Wildman–Crippen MR) is 160 cm³/mol. The molecule has 0 aromatic rings. The van der Waals surface area contributed by atoms with Crippen molar-refractivity contribution in [3.8, 4) is 0 Å². The fraction of sp³-hybridized carbons (Fsp3) is 0.794. The number of unbranched alkanes of at least 4 members (excludes halogenated alkanes) is 10. The maximum Gasteiger partial charge on any atom is 0.305 e. The second kappa shape index (κ2) is 25.3. The molecule has 2 nitrogen and oxygen atoms in total. The minimum absolute atomic E-state index is 0.00179. The van der Waals surface area contributed by atoms with Gasteiger partial charge in [0, 0.05) is 6.42 Å². The molecule has 0 rings (SSSR count). The van der Waals surface area contributed by atoms with Gasteiger partial charge in [0.15, 0.2) is 0 Å². The number of allylic oxidation sites excluding steroid dienone is 6. The molecule has 0 saturated heterocycles. The van der Waals surface area contributed by atoms with Crippen LogP contribution in [-0.4, -0.2) is 12.6 Å². The van der Waals surface area contributed by atoms with Crippen LogP contribution in [0, 0.1) is 5.92 Å². The summed E-state index contributed by atoms with van der Waals surface area (Å²) in [6.45, 7) is 14.0. The number of carbonyl (C=O) groups excluding carboxylic acids is 1. The van der Waals surface area contributed by atoms with Crippen LogP contribution in [-0.2, 0) is 9.53 Å². The third-order valence-corrected chi connectivity index (χ3v) is 7.13. The van der Waals surface area contributed by atoms with Crippen LogP contribution >= 0.6 is 0 Å². The van der Waals surface area contributed by atoms with Crippen molar-refractivity contribution in [2.24, 2.45) is 5.92 Å². The standard InChI is InChI=1S/C34H62O2/c1-7-8-9-10-11-12-13-14-15-16-17-27-34(35)36-29-28-33(6)26-20-25-32(5)24-19-23-31(4)22-18-21-30(2)3/h21,23,25,33H,7-20,22,24,26-29H2,1-6H3/b31-23+,32-25-. The van der Waals surface area contributed by atoms with Gasteiger partial charge in [0.25, 0.3) is 0 Å². The zero-order valence-corrected chi connectivity index (χ0v) is 25.3. The highest BCUT2D eigenvalue weighted by molar-refractivity contribution is 5.69.